The number of nitrogens with one attached hydrogen (secondary N) is 1. The van der Waals surface area contributed by atoms with Gasteiger partial charge in [-0.05, 0) is 45.1 Å². The molecule has 1 amide bonds. The molecule has 106 valence electrons. The predicted octanol–water partition coefficient (Wildman–Crippen LogP) is 1.01. The van der Waals surface area contributed by atoms with E-state index in [0.717, 1.165) is 5.56 Å². The van der Waals surface area contributed by atoms with Crippen molar-refractivity contribution < 1.29 is 9.18 Å². The first kappa shape index (κ1) is 15.6. The number of carbonyl (C=O) groups is 1. The number of amides is 1. The molecule has 0 radical (unpaired) electrons. The highest BCUT2D eigenvalue weighted by Gasteiger charge is 2.14. The molecule has 0 spiro atoms. The second-order valence-electron chi connectivity index (χ2n) is 4.73. The summed E-state index contributed by atoms with van der Waals surface area (Å²) in [5, 5.41) is 2.59. The van der Waals surface area contributed by atoms with Crippen molar-refractivity contribution in [3.63, 3.8) is 0 Å². The molecule has 0 saturated carbocycles. The maximum Gasteiger partial charge on any atom is 0.254 e. The lowest BCUT2D eigenvalue weighted by Crippen LogP contribution is -2.36. The molecule has 3 N–H and O–H groups in total. The fraction of sp³-hybridized carbons (Fsp3) is 0.500. The molecule has 0 bridgehead atoms. The normalized spacial score (nSPS) is 12.5. The quantitative estimate of drug-likeness (QED) is 0.808. The summed E-state index contributed by atoms with van der Waals surface area (Å²) in [4.78, 5) is 13.6. The Morgan fingerprint density at radius 1 is 1.47 bits per heavy atom. The van der Waals surface area contributed by atoms with Crippen LogP contribution in [0, 0.1) is 5.82 Å². The summed E-state index contributed by atoms with van der Waals surface area (Å²) in [6, 6.07) is 4.88. The maximum absolute atomic E-state index is 13.9. The summed E-state index contributed by atoms with van der Waals surface area (Å²) in [5.41, 5.74) is 6.60. The van der Waals surface area contributed by atoms with Gasteiger partial charge in [0.15, 0.2) is 0 Å². The van der Waals surface area contributed by atoms with Crippen molar-refractivity contribution in [3.8, 4) is 0 Å². The zero-order valence-corrected chi connectivity index (χ0v) is 11.7. The summed E-state index contributed by atoms with van der Waals surface area (Å²) in [5.74, 6) is -0.868. The number of nitrogens with two attached hydrogens (primary N) is 1. The Hall–Kier alpha value is -1.46. The lowest BCUT2D eigenvalue weighted by atomic mass is 10.0. The monoisotopic (exact) mass is 267 g/mol. The molecule has 1 rings (SSSR count). The average Bonchev–Trinajstić information content (AvgIpc) is 2.35. The highest BCUT2D eigenvalue weighted by molar-refractivity contribution is 5.94. The minimum Gasteiger partial charge on any atom is -0.352 e. The van der Waals surface area contributed by atoms with Crippen molar-refractivity contribution >= 4 is 5.91 Å². The fourth-order valence-electron chi connectivity index (χ4n) is 1.87. The molecule has 1 atom stereocenters. The number of carbonyl (C=O) groups excluding carboxylic acids is 1. The smallest absolute Gasteiger partial charge is 0.254 e. The van der Waals surface area contributed by atoms with Crippen molar-refractivity contribution in [1.82, 2.24) is 10.2 Å². The number of halogens is 1. The van der Waals surface area contributed by atoms with Gasteiger partial charge in [-0.2, -0.15) is 0 Å². The highest BCUT2D eigenvalue weighted by atomic mass is 19.1. The molecule has 0 aliphatic rings. The number of likely N-dealkylation sites (N-methyl/N-ethyl adjacent to an activating group) is 1. The van der Waals surface area contributed by atoms with Crippen LogP contribution in [0.5, 0.6) is 0 Å². The molecule has 0 saturated heterocycles. The van der Waals surface area contributed by atoms with Crippen LogP contribution in [-0.2, 0) is 6.42 Å². The molecule has 19 heavy (non-hydrogen) atoms. The zero-order chi connectivity index (χ0) is 14.4. The SMILES string of the molecule is CCNC(=O)c1ccc(C[C@@H](CN)N(C)C)cc1F. The Morgan fingerprint density at radius 3 is 2.63 bits per heavy atom. The van der Waals surface area contributed by atoms with Crippen LogP contribution in [0.1, 0.15) is 22.8 Å². The molecule has 0 aliphatic carbocycles. The predicted molar refractivity (Wildman–Crippen MR) is 74.6 cm³/mol. The summed E-state index contributed by atoms with van der Waals surface area (Å²) in [6.07, 6.45) is 0.663. The molecule has 0 fully saturated rings. The van der Waals surface area contributed by atoms with E-state index in [1.807, 2.05) is 19.0 Å². The van der Waals surface area contributed by atoms with Crippen LogP contribution in [0.25, 0.3) is 0 Å². The number of hydrogen-bond acceptors (Lipinski definition) is 3. The van der Waals surface area contributed by atoms with Crippen LogP contribution in [0.4, 0.5) is 4.39 Å². The second-order valence-corrected chi connectivity index (χ2v) is 4.73. The van der Waals surface area contributed by atoms with Crippen LogP contribution < -0.4 is 11.1 Å². The Kier molecular flexibility index (Phi) is 5.92. The lowest BCUT2D eigenvalue weighted by Gasteiger charge is -2.22. The van der Waals surface area contributed by atoms with Gasteiger partial charge in [0.1, 0.15) is 5.82 Å². The molecule has 0 unspecified atom stereocenters. The molecule has 0 heterocycles. The fourth-order valence-corrected chi connectivity index (χ4v) is 1.87. The topological polar surface area (TPSA) is 58.4 Å². The average molecular weight is 267 g/mol. The van der Waals surface area contributed by atoms with Gasteiger partial charge in [-0.15, -0.1) is 0 Å². The van der Waals surface area contributed by atoms with Crippen molar-refractivity contribution in [3.05, 3.63) is 35.1 Å². The third kappa shape index (κ3) is 4.29. The highest BCUT2D eigenvalue weighted by Crippen LogP contribution is 2.13. The zero-order valence-electron chi connectivity index (χ0n) is 11.7. The van der Waals surface area contributed by atoms with Gasteiger partial charge in [0.2, 0.25) is 0 Å². The van der Waals surface area contributed by atoms with E-state index < -0.39 is 5.82 Å². The van der Waals surface area contributed by atoms with E-state index >= 15 is 0 Å². The van der Waals surface area contributed by atoms with E-state index in [4.69, 9.17) is 5.73 Å². The van der Waals surface area contributed by atoms with Crippen molar-refractivity contribution in [2.75, 3.05) is 27.2 Å². The molecular weight excluding hydrogens is 245 g/mol. The third-order valence-electron chi connectivity index (χ3n) is 3.09. The second kappa shape index (κ2) is 7.21. The first-order valence-electron chi connectivity index (χ1n) is 6.42. The van der Waals surface area contributed by atoms with Gasteiger partial charge < -0.3 is 16.0 Å². The van der Waals surface area contributed by atoms with Crippen molar-refractivity contribution in [1.29, 1.82) is 0 Å². The van der Waals surface area contributed by atoms with E-state index in [-0.39, 0.29) is 17.5 Å². The Labute approximate surface area is 113 Å². The van der Waals surface area contributed by atoms with Gasteiger partial charge in [-0.3, -0.25) is 4.79 Å². The van der Waals surface area contributed by atoms with Crippen LogP contribution in [-0.4, -0.2) is 44.0 Å². The van der Waals surface area contributed by atoms with E-state index in [0.29, 0.717) is 19.5 Å². The molecule has 5 heteroatoms. The third-order valence-corrected chi connectivity index (χ3v) is 3.09. The summed E-state index contributed by atoms with van der Waals surface area (Å²) < 4.78 is 13.9. The van der Waals surface area contributed by atoms with Gasteiger partial charge in [0.25, 0.3) is 5.91 Å². The summed E-state index contributed by atoms with van der Waals surface area (Å²) >= 11 is 0. The van der Waals surface area contributed by atoms with Crippen LogP contribution >= 0.6 is 0 Å². The molecule has 0 aliphatic heterocycles. The lowest BCUT2D eigenvalue weighted by molar-refractivity contribution is 0.0952. The van der Waals surface area contributed by atoms with E-state index in [1.165, 1.54) is 12.1 Å². The Morgan fingerprint density at radius 2 is 2.16 bits per heavy atom. The molecule has 1 aromatic rings. The Bertz CT molecular complexity index is 435. The molecular formula is C14H22FN3O. The summed E-state index contributed by atoms with van der Waals surface area (Å²) in [7, 11) is 3.88. The van der Waals surface area contributed by atoms with Crippen LogP contribution in [0.2, 0.25) is 0 Å². The van der Waals surface area contributed by atoms with E-state index in [1.54, 1.807) is 13.0 Å². The van der Waals surface area contributed by atoms with Gasteiger partial charge in [-0.25, -0.2) is 4.39 Å². The first-order chi connectivity index (χ1) is 8.99. The minimum absolute atomic E-state index is 0.0831. The van der Waals surface area contributed by atoms with E-state index in [9.17, 15) is 9.18 Å². The van der Waals surface area contributed by atoms with Gasteiger partial charge in [-0.1, -0.05) is 6.07 Å². The number of rotatable bonds is 6. The molecule has 0 aromatic heterocycles. The largest absolute Gasteiger partial charge is 0.352 e. The minimum atomic E-state index is -0.488. The van der Waals surface area contributed by atoms with E-state index in [2.05, 4.69) is 5.32 Å². The summed E-state index contributed by atoms with van der Waals surface area (Å²) in [6.45, 7) is 2.79. The number of nitrogens with zero attached hydrogens (tertiary/aromatic N) is 1. The number of benzene rings is 1. The van der Waals surface area contributed by atoms with Gasteiger partial charge >= 0.3 is 0 Å². The van der Waals surface area contributed by atoms with Crippen LogP contribution in [0.3, 0.4) is 0 Å². The van der Waals surface area contributed by atoms with Gasteiger partial charge in [0.05, 0.1) is 5.56 Å². The van der Waals surface area contributed by atoms with Crippen LogP contribution in [0.15, 0.2) is 18.2 Å². The maximum atomic E-state index is 13.9. The van der Waals surface area contributed by atoms with Crippen molar-refractivity contribution in [2.45, 2.75) is 19.4 Å². The number of hydrogen-bond donors (Lipinski definition) is 2. The Balaban J connectivity index is 2.84. The molecule has 4 nitrogen and oxygen atoms in total. The van der Waals surface area contributed by atoms with Crippen molar-refractivity contribution in [2.24, 2.45) is 5.73 Å². The van der Waals surface area contributed by atoms with Gasteiger partial charge in [0, 0.05) is 19.1 Å². The standard InChI is InChI=1S/C14H22FN3O/c1-4-17-14(19)12-6-5-10(8-13(12)15)7-11(9-16)18(2)3/h5-6,8,11H,4,7,9,16H2,1-3H3,(H,17,19)/t11-/m0/s1. The first-order valence-corrected chi connectivity index (χ1v) is 6.42. The molecule has 1 aromatic carbocycles.